The third kappa shape index (κ3) is 5.98. The van der Waals surface area contributed by atoms with Crippen molar-refractivity contribution in [1.29, 1.82) is 0 Å². The number of amides is 2. The third-order valence-corrected chi connectivity index (χ3v) is 7.40. The topological polar surface area (TPSA) is 75.2 Å². The van der Waals surface area contributed by atoms with Crippen LogP contribution in [0.5, 0.6) is 5.75 Å². The summed E-state index contributed by atoms with van der Waals surface area (Å²) in [5, 5.41) is 0. The highest BCUT2D eigenvalue weighted by Crippen LogP contribution is 2.24. The van der Waals surface area contributed by atoms with Gasteiger partial charge in [-0.2, -0.15) is 0 Å². The maximum absolute atomic E-state index is 13.5. The number of aromatic nitrogens is 1. The molecule has 0 saturated carbocycles. The summed E-state index contributed by atoms with van der Waals surface area (Å²) in [4.78, 5) is 37.4. The third-order valence-electron chi connectivity index (χ3n) is 7.40. The number of carbonyl (C=O) groups is 2. The van der Waals surface area contributed by atoms with Gasteiger partial charge >= 0.3 is 0 Å². The van der Waals surface area contributed by atoms with Gasteiger partial charge in [-0.3, -0.25) is 9.59 Å². The van der Waals surface area contributed by atoms with Gasteiger partial charge in [0.2, 0.25) is 5.91 Å². The lowest BCUT2D eigenvalue weighted by Crippen LogP contribution is -2.49. The second-order valence-electron chi connectivity index (χ2n) is 9.86. The molecule has 1 unspecified atom stereocenters. The van der Waals surface area contributed by atoms with Crippen LogP contribution in [0.15, 0.2) is 42.6 Å². The minimum atomic E-state index is -0.160. The van der Waals surface area contributed by atoms with E-state index in [1.54, 1.807) is 11.1 Å². The molecule has 2 amide bonds. The van der Waals surface area contributed by atoms with Crippen LogP contribution in [0.1, 0.15) is 48.0 Å². The van der Waals surface area contributed by atoms with Gasteiger partial charge in [0.1, 0.15) is 18.1 Å². The fourth-order valence-corrected chi connectivity index (χ4v) is 5.38. The Morgan fingerprint density at radius 2 is 1.83 bits per heavy atom. The molecule has 192 valence electrons. The van der Waals surface area contributed by atoms with Crippen LogP contribution < -0.4 is 9.64 Å². The molecule has 4 heterocycles. The summed E-state index contributed by atoms with van der Waals surface area (Å²) in [5.41, 5.74) is 1.75. The van der Waals surface area contributed by atoms with Gasteiger partial charge in [-0.1, -0.05) is 12.1 Å². The minimum Gasteiger partial charge on any atom is -0.494 e. The number of pyridine rings is 1. The molecule has 5 rings (SSSR count). The number of anilines is 1. The number of rotatable bonds is 2. The minimum absolute atomic E-state index is 0.0395. The number of aryl methyl sites for hydroxylation is 1. The van der Waals surface area contributed by atoms with Crippen LogP contribution in [0.3, 0.4) is 0 Å². The Morgan fingerprint density at radius 1 is 0.944 bits per heavy atom. The molecule has 2 bridgehead atoms. The van der Waals surface area contributed by atoms with Crippen LogP contribution in [0.2, 0.25) is 0 Å². The lowest BCUT2D eigenvalue weighted by Gasteiger charge is -2.37. The van der Waals surface area contributed by atoms with E-state index < -0.39 is 0 Å². The Morgan fingerprint density at radius 3 is 2.67 bits per heavy atom. The second kappa shape index (κ2) is 11.7. The molecule has 8 heteroatoms. The van der Waals surface area contributed by atoms with Gasteiger partial charge < -0.3 is 24.2 Å². The first-order valence-corrected chi connectivity index (χ1v) is 13.3. The molecule has 36 heavy (non-hydrogen) atoms. The summed E-state index contributed by atoms with van der Waals surface area (Å²) < 4.78 is 11.4. The van der Waals surface area contributed by atoms with Gasteiger partial charge in [0.05, 0.1) is 25.4 Å². The Bertz CT molecular complexity index is 1040. The van der Waals surface area contributed by atoms with Crippen molar-refractivity contribution in [1.82, 2.24) is 14.8 Å². The van der Waals surface area contributed by atoms with Crippen LogP contribution in [0.25, 0.3) is 0 Å². The number of fused-ring (bicyclic) bond motifs is 3. The molecule has 0 aliphatic carbocycles. The van der Waals surface area contributed by atoms with Crippen LogP contribution in [0.4, 0.5) is 5.82 Å². The molecule has 2 aromatic rings. The van der Waals surface area contributed by atoms with Gasteiger partial charge in [0.25, 0.3) is 5.91 Å². The molecule has 3 aliphatic rings. The van der Waals surface area contributed by atoms with Gasteiger partial charge in [-0.15, -0.1) is 0 Å². The van der Waals surface area contributed by atoms with Crippen molar-refractivity contribution < 1.29 is 19.1 Å². The maximum Gasteiger partial charge on any atom is 0.255 e. The number of hydrogen-bond donors (Lipinski definition) is 0. The normalized spacial score (nSPS) is 21.8. The summed E-state index contributed by atoms with van der Waals surface area (Å²) in [6.45, 7) is 4.75. The van der Waals surface area contributed by atoms with E-state index in [-0.39, 0.29) is 24.4 Å². The predicted molar refractivity (Wildman–Crippen MR) is 137 cm³/mol. The number of morpholine rings is 1. The van der Waals surface area contributed by atoms with E-state index in [1.807, 2.05) is 29.2 Å². The summed E-state index contributed by atoms with van der Waals surface area (Å²) in [7, 11) is 0. The predicted octanol–water partition coefficient (Wildman–Crippen LogP) is 3.16. The maximum atomic E-state index is 13.5. The average molecular weight is 493 g/mol. The molecule has 0 spiro atoms. The second-order valence-corrected chi connectivity index (χ2v) is 9.86. The van der Waals surface area contributed by atoms with E-state index in [2.05, 4.69) is 22.0 Å². The molecule has 0 N–H and O–H groups in total. The van der Waals surface area contributed by atoms with Crippen molar-refractivity contribution in [3.05, 3.63) is 53.7 Å². The highest BCUT2D eigenvalue weighted by atomic mass is 16.5. The van der Waals surface area contributed by atoms with Gasteiger partial charge in [0, 0.05) is 38.4 Å². The zero-order valence-electron chi connectivity index (χ0n) is 20.9. The van der Waals surface area contributed by atoms with Gasteiger partial charge in [0.15, 0.2) is 0 Å². The zero-order chi connectivity index (χ0) is 24.7. The number of ether oxygens (including phenoxy) is 2. The average Bonchev–Trinajstić information content (AvgIpc) is 2.93. The molecule has 1 atom stereocenters. The lowest BCUT2D eigenvalue weighted by molar-refractivity contribution is -0.135. The van der Waals surface area contributed by atoms with Crippen molar-refractivity contribution in [3.8, 4) is 5.75 Å². The molecule has 0 radical (unpaired) electrons. The van der Waals surface area contributed by atoms with E-state index in [1.165, 1.54) is 5.56 Å². The van der Waals surface area contributed by atoms with E-state index in [0.717, 1.165) is 63.3 Å². The molecule has 2 saturated heterocycles. The molecular weight excluding hydrogens is 456 g/mol. The van der Waals surface area contributed by atoms with Crippen LogP contribution in [-0.2, 0) is 16.0 Å². The Labute approximate surface area is 213 Å². The van der Waals surface area contributed by atoms with Crippen LogP contribution in [-0.4, -0.2) is 85.2 Å². The largest absolute Gasteiger partial charge is 0.494 e. The highest BCUT2D eigenvalue weighted by Gasteiger charge is 2.29. The van der Waals surface area contributed by atoms with Crippen molar-refractivity contribution in [2.45, 2.75) is 44.6 Å². The first kappa shape index (κ1) is 24.6. The van der Waals surface area contributed by atoms with Gasteiger partial charge in [-0.05, 0) is 68.4 Å². The van der Waals surface area contributed by atoms with Crippen LogP contribution in [0, 0.1) is 0 Å². The van der Waals surface area contributed by atoms with E-state index >= 15 is 0 Å². The molecule has 1 aromatic carbocycles. The number of nitrogens with zero attached hydrogens (tertiary/aromatic N) is 4. The zero-order valence-corrected chi connectivity index (χ0v) is 20.9. The van der Waals surface area contributed by atoms with Crippen molar-refractivity contribution in [2.24, 2.45) is 0 Å². The number of benzene rings is 1. The number of piperidine rings is 1. The standard InChI is InChI=1S/C28H36N4O4/c33-27-21-31(28(34)23-9-11-26(29-20-23)30-14-17-35-18-15-30)12-4-16-36-25-7-3-5-22(19-25)8-10-24-6-1-2-13-32(24)27/h3,5,7,9,11,19-20,24H,1-2,4,6,8,10,12-18,21H2. The first-order valence-electron chi connectivity index (χ1n) is 13.3. The fourth-order valence-electron chi connectivity index (χ4n) is 5.38. The smallest absolute Gasteiger partial charge is 0.255 e. The van der Waals surface area contributed by atoms with E-state index in [9.17, 15) is 9.59 Å². The summed E-state index contributed by atoms with van der Waals surface area (Å²) >= 11 is 0. The molecule has 3 aliphatic heterocycles. The van der Waals surface area contributed by atoms with Crippen molar-refractivity contribution >= 4 is 17.6 Å². The Kier molecular flexibility index (Phi) is 8.01. The summed E-state index contributed by atoms with van der Waals surface area (Å²) in [5.74, 6) is 1.59. The summed E-state index contributed by atoms with van der Waals surface area (Å²) in [6.07, 6.45) is 7.29. The fraction of sp³-hybridized carbons (Fsp3) is 0.536. The SMILES string of the molecule is O=C(c1ccc(N2CCOCC2)nc1)N1CCCOc2cccc(c2)CCC2CCCCN2C(=O)C1. The number of carbonyl (C=O) groups excluding carboxylic acids is 2. The van der Waals surface area contributed by atoms with Gasteiger partial charge in [-0.25, -0.2) is 4.98 Å². The number of hydrogen-bond acceptors (Lipinski definition) is 6. The monoisotopic (exact) mass is 492 g/mol. The van der Waals surface area contributed by atoms with Crippen LogP contribution >= 0.6 is 0 Å². The molecule has 2 fully saturated rings. The van der Waals surface area contributed by atoms with E-state index in [4.69, 9.17) is 9.47 Å². The van der Waals surface area contributed by atoms with Crippen molar-refractivity contribution in [3.63, 3.8) is 0 Å². The summed E-state index contributed by atoms with van der Waals surface area (Å²) in [6, 6.07) is 12.2. The lowest BCUT2D eigenvalue weighted by atomic mass is 9.95. The molecule has 8 nitrogen and oxygen atoms in total. The first-order chi connectivity index (χ1) is 17.7. The molecular formula is C28H36N4O4. The van der Waals surface area contributed by atoms with Crippen molar-refractivity contribution in [2.75, 3.05) is 57.4 Å². The molecule has 1 aromatic heterocycles. The Balaban J connectivity index is 1.33. The quantitative estimate of drug-likeness (QED) is 0.641. The highest BCUT2D eigenvalue weighted by molar-refractivity contribution is 5.96. The van der Waals surface area contributed by atoms with E-state index in [0.29, 0.717) is 38.3 Å². The Hall–Kier alpha value is -3.13.